The van der Waals surface area contributed by atoms with Gasteiger partial charge in [0, 0.05) is 41.2 Å². The molecule has 0 bridgehead atoms. The molecule has 4 rings (SSSR count). The molecule has 0 aliphatic carbocycles. The van der Waals surface area contributed by atoms with E-state index in [0.717, 1.165) is 22.4 Å². The topological polar surface area (TPSA) is 79.2 Å². The molecule has 2 aromatic rings. The number of allylic oxidation sites excluding steroid dienone is 2. The minimum absolute atomic E-state index is 0.0307. The third-order valence-electron chi connectivity index (χ3n) is 4.63. The number of dihydropyridines is 1. The van der Waals surface area contributed by atoms with E-state index in [-0.39, 0.29) is 11.7 Å². The SMILES string of the molecule is CSNc1cccc(C2=CNC3NC=C(C(=O)c4cc(N)ccc4F)C3=C2)c1. The van der Waals surface area contributed by atoms with Gasteiger partial charge in [-0.15, -0.1) is 0 Å². The molecular formula is C21H19FN4OS. The monoisotopic (exact) mass is 394 g/mol. The summed E-state index contributed by atoms with van der Waals surface area (Å²) in [4.78, 5) is 13.0. The van der Waals surface area contributed by atoms with E-state index in [9.17, 15) is 9.18 Å². The van der Waals surface area contributed by atoms with Crippen LogP contribution in [0.15, 0.2) is 72.1 Å². The number of nitrogens with two attached hydrogens (primary N) is 1. The van der Waals surface area contributed by atoms with Crippen molar-refractivity contribution in [1.29, 1.82) is 0 Å². The maximum absolute atomic E-state index is 14.2. The average molecular weight is 394 g/mol. The molecule has 5 N–H and O–H groups in total. The van der Waals surface area contributed by atoms with Crippen molar-refractivity contribution < 1.29 is 9.18 Å². The number of nitrogen functional groups attached to an aromatic ring is 1. The second kappa shape index (κ2) is 7.44. The summed E-state index contributed by atoms with van der Waals surface area (Å²) in [6.45, 7) is 0. The molecule has 5 nitrogen and oxygen atoms in total. The van der Waals surface area contributed by atoms with Crippen molar-refractivity contribution >= 4 is 34.7 Å². The smallest absolute Gasteiger partial charge is 0.197 e. The Balaban J connectivity index is 1.66. The van der Waals surface area contributed by atoms with Gasteiger partial charge in [-0.1, -0.05) is 24.1 Å². The molecular weight excluding hydrogens is 375 g/mol. The summed E-state index contributed by atoms with van der Waals surface area (Å²) in [7, 11) is 0. The van der Waals surface area contributed by atoms with Crippen molar-refractivity contribution in [3.8, 4) is 0 Å². The highest BCUT2D eigenvalue weighted by Gasteiger charge is 2.31. The maximum Gasteiger partial charge on any atom is 0.197 e. The normalized spacial score (nSPS) is 17.5. The second-order valence-corrected chi connectivity index (χ2v) is 7.09. The molecule has 0 spiro atoms. The highest BCUT2D eigenvalue weighted by Crippen LogP contribution is 2.31. The van der Waals surface area contributed by atoms with E-state index in [1.807, 2.05) is 42.8 Å². The minimum atomic E-state index is -0.584. The van der Waals surface area contributed by atoms with Crippen molar-refractivity contribution in [1.82, 2.24) is 10.6 Å². The molecule has 0 fully saturated rings. The molecule has 2 aromatic carbocycles. The van der Waals surface area contributed by atoms with Gasteiger partial charge in [-0.25, -0.2) is 4.39 Å². The number of rotatable bonds is 5. The highest BCUT2D eigenvalue weighted by molar-refractivity contribution is 7.99. The van der Waals surface area contributed by atoms with Crippen LogP contribution in [0.1, 0.15) is 15.9 Å². The van der Waals surface area contributed by atoms with Crippen molar-refractivity contribution in [3.63, 3.8) is 0 Å². The van der Waals surface area contributed by atoms with E-state index in [1.165, 1.54) is 30.1 Å². The van der Waals surface area contributed by atoms with Gasteiger partial charge in [-0.2, -0.15) is 0 Å². The van der Waals surface area contributed by atoms with Gasteiger partial charge < -0.3 is 21.1 Å². The summed E-state index contributed by atoms with van der Waals surface area (Å²) in [5, 5.41) is 6.37. The largest absolute Gasteiger partial charge is 0.399 e. The van der Waals surface area contributed by atoms with Gasteiger partial charge in [0.1, 0.15) is 12.0 Å². The van der Waals surface area contributed by atoms with Crippen LogP contribution >= 0.6 is 11.9 Å². The van der Waals surface area contributed by atoms with Crippen molar-refractivity contribution in [2.45, 2.75) is 6.17 Å². The Bertz CT molecular complexity index is 1040. The molecule has 142 valence electrons. The van der Waals surface area contributed by atoms with Crippen LogP contribution in [0, 0.1) is 5.82 Å². The molecule has 1 atom stereocenters. The zero-order valence-electron chi connectivity index (χ0n) is 15.1. The van der Waals surface area contributed by atoms with Gasteiger partial charge >= 0.3 is 0 Å². The fraction of sp³-hybridized carbons (Fsp3) is 0.0952. The summed E-state index contributed by atoms with van der Waals surface area (Å²) < 4.78 is 17.4. The number of carbonyl (C=O) groups is 1. The first-order valence-corrected chi connectivity index (χ1v) is 9.93. The number of carbonyl (C=O) groups excluding carboxylic acids is 1. The van der Waals surface area contributed by atoms with E-state index in [2.05, 4.69) is 15.4 Å². The third kappa shape index (κ3) is 3.36. The average Bonchev–Trinajstić information content (AvgIpc) is 3.13. The first kappa shape index (κ1) is 18.2. The Kier molecular flexibility index (Phi) is 4.83. The lowest BCUT2D eigenvalue weighted by Crippen LogP contribution is -2.36. The van der Waals surface area contributed by atoms with E-state index in [0.29, 0.717) is 11.3 Å². The summed E-state index contributed by atoms with van der Waals surface area (Å²) in [6, 6.07) is 12.0. The maximum atomic E-state index is 14.2. The van der Waals surface area contributed by atoms with Crippen LogP contribution in [0.2, 0.25) is 0 Å². The predicted octanol–water partition coefficient (Wildman–Crippen LogP) is 3.66. The van der Waals surface area contributed by atoms with E-state index < -0.39 is 11.6 Å². The molecule has 0 aromatic heterocycles. The summed E-state index contributed by atoms with van der Waals surface area (Å²) in [5.41, 5.74) is 10.2. The molecule has 1 unspecified atom stereocenters. The third-order valence-corrected chi connectivity index (χ3v) is 5.07. The predicted molar refractivity (Wildman–Crippen MR) is 113 cm³/mol. The molecule has 0 radical (unpaired) electrons. The standard InChI is InChI=1S/C21H19FN4OS/c1-28-26-15-4-2-3-12(7-15)13-8-16-18(11-25-21(16)24-10-13)20(27)17-9-14(23)5-6-19(17)22/h2-11,21,24-26H,23H2,1H3. The number of ketones is 1. The molecule has 2 aliphatic rings. The van der Waals surface area contributed by atoms with Gasteiger partial charge in [-0.3, -0.25) is 4.79 Å². The lowest BCUT2D eigenvalue weighted by molar-refractivity contribution is 0.103. The first-order chi connectivity index (χ1) is 13.6. The van der Waals surface area contributed by atoms with Gasteiger partial charge in [0.15, 0.2) is 5.78 Å². The number of anilines is 2. The van der Waals surface area contributed by atoms with Crippen molar-refractivity contribution in [2.75, 3.05) is 16.7 Å². The zero-order valence-corrected chi connectivity index (χ0v) is 15.9. The van der Waals surface area contributed by atoms with Crippen LogP contribution in [0.4, 0.5) is 15.8 Å². The van der Waals surface area contributed by atoms with Crippen LogP contribution in [-0.4, -0.2) is 18.2 Å². The number of nitrogens with one attached hydrogen (secondary N) is 3. The first-order valence-electron chi connectivity index (χ1n) is 8.70. The van der Waals surface area contributed by atoms with E-state index >= 15 is 0 Å². The lowest BCUT2D eigenvalue weighted by Gasteiger charge is -2.22. The zero-order chi connectivity index (χ0) is 19.7. The Labute approximate surface area is 166 Å². The molecule has 2 heterocycles. The van der Waals surface area contributed by atoms with Crippen LogP contribution < -0.4 is 21.1 Å². The number of Topliss-reactive ketones (excluding diaryl/α,β-unsaturated/α-hetero) is 1. The second-order valence-electron chi connectivity index (χ2n) is 6.48. The van der Waals surface area contributed by atoms with E-state index in [4.69, 9.17) is 5.73 Å². The quantitative estimate of drug-likeness (QED) is 0.352. The van der Waals surface area contributed by atoms with Gasteiger partial charge in [0.25, 0.3) is 0 Å². The van der Waals surface area contributed by atoms with Gasteiger partial charge in [-0.05, 0) is 47.5 Å². The van der Waals surface area contributed by atoms with Gasteiger partial charge in [0.05, 0.1) is 5.56 Å². The van der Waals surface area contributed by atoms with E-state index in [1.54, 1.807) is 6.20 Å². The Morgan fingerprint density at radius 2 is 2.00 bits per heavy atom. The summed E-state index contributed by atoms with van der Waals surface area (Å²) in [5.74, 6) is -0.980. The number of hydrogen-bond donors (Lipinski definition) is 4. The Morgan fingerprint density at radius 3 is 2.82 bits per heavy atom. The molecule has 2 aliphatic heterocycles. The highest BCUT2D eigenvalue weighted by atomic mass is 32.2. The fourth-order valence-corrected chi connectivity index (χ4v) is 3.64. The van der Waals surface area contributed by atoms with Gasteiger partial charge in [0.2, 0.25) is 0 Å². The van der Waals surface area contributed by atoms with Crippen molar-refractivity contribution in [3.05, 3.63) is 89.0 Å². The number of hydrogen-bond acceptors (Lipinski definition) is 6. The van der Waals surface area contributed by atoms with Crippen LogP contribution in [0.3, 0.4) is 0 Å². The van der Waals surface area contributed by atoms with Crippen LogP contribution in [0.25, 0.3) is 5.57 Å². The molecule has 7 heteroatoms. The lowest BCUT2D eigenvalue weighted by atomic mass is 9.92. The summed E-state index contributed by atoms with van der Waals surface area (Å²) >= 11 is 1.52. The molecule has 28 heavy (non-hydrogen) atoms. The summed E-state index contributed by atoms with van der Waals surface area (Å²) in [6.07, 6.45) is 7.22. The van der Waals surface area contributed by atoms with Crippen LogP contribution in [0.5, 0.6) is 0 Å². The Morgan fingerprint density at radius 1 is 1.18 bits per heavy atom. The van der Waals surface area contributed by atoms with Crippen LogP contribution in [-0.2, 0) is 0 Å². The number of benzene rings is 2. The fourth-order valence-electron chi connectivity index (χ4n) is 3.28. The molecule has 0 saturated heterocycles. The number of fused-ring (bicyclic) bond motifs is 1. The Hall–Kier alpha value is -3.19. The van der Waals surface area contributed by atoms with Crippen molar-refractivity contribution in [2.24, 2.45) is 0 Å². The molecule has 0 saturated carbocycles. The molecule has 0 amide bonds. The minimum Gasteiger partial charge on any atom is -0.399 e. The number of halogens is 1.